The van der Waals surface area contributed by atoms with Crippen molar-refractivity contribution in [2.75, 3.05) is 31.0 Å². The van der Waals surface area contributed by atoms with E-state index in [9.17, 15) is 21.6 Å². The SMILES string of the molecule is COc1ccc(-c2cc(Cc3cccc(-n4cccn4)c3)c3nc(N)nc(NCC(F)(F)F)c3n2)cc1S(C)(=O)=O. The highest BCUT2D eigenvalue weighted by Gasteiger charge is 2.28. The summed E-state index contributed by atoms with van der Waals surface area (Å²) in [6.07, 6.45) is 0.278. The van der Waals surface area contributed by atoms with Crippen LogP contribution in [0.4, 0.5) is 24.9 Å². The van der Waals surface area contributed by atoms with Crippen molar-refractivity contribution in [1.29, 1.82) is 0 Å². The second kappa shape index (κ2) is 10.7. The van der Waals surface area contributed by atoms with Gasteiger partial charge in [-0.15, -0.1) is 0 Å². The predicted molar refractivity (Wildman–Crippen MR) is 148 cm³/mol. The Morgan fingerprint density at radius 3 is 2.51 bits per heavy atom. The van der Waals surface area contributed by atoms with Crippen LogP contribution in [0.3, 0.4) is 0 Å². The molecule has 0 aliphatic rings. The summed E-state index contributed by atoms with van der Waals surface area (Å²) in [5, 5.41) is 6.53. The van der Waals surface area contributed by atoms with Gasteiger partial charge in [-0.2, -0.15) is 23.3 Å². The first-order valence-electron chi connectivity index (χ1n) is 12.2. The van der Waals surface area contributed by atoms with Gasteiger partial charge in [0, 0.05) is 24.2 Å². The third kappa shape index (κ3) is 6.22. The number of nitrogens with zero attached hydrogens (tertiary/aromatic N) is 5. The summed E-state index contributed by atoms with van der Waals surface area (Å²) in [6, 6.07) is 15.6. The number of nitrogens with one attached hydrogen (secondary N) is 1. The third-order valence-electron chi connectivity index (χ3n) is 6.14. The van der Waals surface area contributed by atoms with Crippen molar-refractivity contribution in [3.63, 3.8) is 0 Å². The molecular formula is C27H24F3N7O3S. The molecule has 3 heterocycles. The van der Waals surface area contributed by atoms with Crippen molar-refractivity contribution in [1.82, 2.24) is 24.7 Å². The molecule has 5 rings (SSSR count). The second-order valence-corrected chi connectivity index (χ2v) is 11.2. The van der Waals surface area contributed by atoms with E-state index in [0.717, 1.165) is 17.5 Å². The second-order valence-electron chi connectivity index (χ2n) is 9.20. The van der Waals surface area contributed by atoms with Gasteiger partial charge < -0.3 is 15.8 Å². The molecule has 0 amide bonds. The summed E-state index contributed by atoms with van der Waals surface area (Å²) < 4.78 is 71.1. The van der Waals surface area contributed by atoms with E-state index in [-0.39, 0.29) is 33.4 Å². The number of benzene rings is 2. The lowest BCUT2D eigenvalue weighted by Crippen LogP contribution is -2.22. The summed E-state index contributed by atoms with van der Waals surface area (Å²) in [5.74, 6) is -0.279. The number of alkyl halides is 3. The number of hydrogen-bond acceptors (Lipinski definition) is 9. The van der Waals surface area contributed by atoms with Crippen LogP contribution in [0.5, 0.6) is 5.75 Å². The molecule has 0 fully saturated rings. The number of nitrogens with two attached hydrogens (primary N) is 1. The summed E-state index contributed by atoms with van der Waals surface area (Å²) in [6.45, 7) is -1.37. The summed E-state index contributed by atoms with van der Waals surface area (Å²) in [7, 11) is -2.33. The molecule has 0 saturated carbocycles. The molecule has 0 atom stereocenters. The maximum absolute atomic E-state index is 13.1. The lowest BCUT2D eigenvalue weighted by atomic mass is 10.0. The van der Waals surface area contributed by atoms with Crippen LogP contribution >= 0.6 is 0 Å². The number of halogens is 3. The van der Waals surface area contributed by atoms with Crippen molar-refractivity contribution in [3.8, 4) is 22.7 Å². The smallest absolute Gasteiger partial charge is 0.405 e. The normalized spacial score (nSPS) is 12.0. The number of hydrogen-bond donors (Lipinski definition) is 2. The van der Waals surface area contributed by atoms with E-state index in [0.29, 0.717) is 23.2 Å². The maximum Gasteiger partial charge on any atom is 0.405 e. The van der Waals surface area contributed by atoms with Crippen molar-refractivity contribution >= 4 is 32.6 Å². The first-order valence-corrected chi connectivity index (χ1v) is 14.1. The fraction of sp³-hybridized carbons (Fsp3) is 0.185. The lowest BCUT2D eigenvalue weighted by molar-refractivity contribution is -0.115. The number of aromatic nitrogens is 5. The lowest BCUT2D eigenvalue weighted by Gasteiger charge is -2.15. The van der Waals surface area contributed by atoms with E-state index >= 15 is 0 Å². The molecule has 5 aromatic rings. The predicted octanol–water partition coefficient (Wildman–Crippen LogP) is 4.44. The number of fused-ring (bicyclic) bond motifs is 1. The molecule has 0 spiro atoms. The number of nitrogen functional groups attached to an aromatic ring is 1. The Labute approximate surface area is 233 Å². The van der Waals surface area contributed by atoms with Crippen LogP contribution in [0.15, 0.2) is 71.9 Å². The monoisotopic (exact) mass is 583 g/mol. The molecule has 0 aliphatic carbocycles. The van der Waals surface area contributed by atoms with Crippen LogP contribution in [-0.2, 0) is 16.3 Å². The minimum atomic E-state index is -4.53. The topological polar surface area (TPSA) is 138 Å². The summed E-state index contributed by atoms with van der Waals surface area (Å²) in [5.41, 5.74) is 9.15. The van der Waals surface area contributed by atoms with Crippen molar-refractivity contribution < 1.29 is 26.3 Å². The van der Waals surface area contributed by atoms with Gasteiger partial charge in [-0.25, -0.2) is 23.1 Å². The minimum Gasteiger partial charge on any atom is -0.495 e. The highest BCUT2D eigenvalue weighted by molar-refractivity contribution is 7.90. The van der Waals surface area contributed by atoms with Crippen molar-refractivity contribution in [2.45, 2.75) is 17.5 Å². The van der Waals surface area contributed by atoms with E-state index < -0.39 is 22.6 Å². The summed E-state index contributed by atoms with van der Waals surface area (Å²) >= 11 is 0. The Morgan fingerprint density at radius 2 is 1.83 bits per heavy atom. The Balaban J connectivity index is 1.70. The fourth-order valence-corrected chi connectivity index (χ4v) is 5.21. The van der Waals surface area contributed by atoms with Crippen molar-refractivity contribution in [3.05, 3.63) is 78.1 Å². The van der Waals surface area contributed by atoms with Gasteiger partial charge in [0.15, 0.2) is 15.7 Å². The number of rotatable bonds is 8. The molecule has 0 radical (unpaired) electrons. The van der Waals surface area contributed by atoms with Gasteiger partial charge in [-0.1, -0.05) is 12.1 Å². The number of ether oxygens (including phenoxy) is 1. The molecule has 10 nitrogen and oxygen atoms in total. The molecule has 0 unspecified atom stereocenters. The van der Waals surface area contributed by atoms with Gasteiger partial charge >= 0.3 is 6.18 Å². The van der Waals surface area contributed by atoms with Crippen LogP contribution in [0.2, 0.25) is 0 Å². The van der Waals surface area contributed by atoms with E-state index in [2.05, 4.69) is 25.4 Å². The largest absolute Gasteiger partial charge is 0.495 e. The van der Waals surface area contributed by atoms with Crippen LogP contribution < -0.4 is 15.8 Å². The maximum atomic E-state index is 13.1. The van der Waals surface area contributed by atoms with Crippen LogP contribution in [-0.4, -0.2) is 59.2 Å². The van der Waals surface area contributed by atoms with E-state index in [4.69, 9.17) is 10.5 Å². The van der Waals surface area contributed by atoms with Gasteiger partial charge in [0.2, 0.25) is 5.95 Å². The first kappa shape index (κ1) is 27.8. The Morgan fingerprint density at radius 1 is 1.02 bits per heavy atom. The molecule has 0 aliphatic heterocycles. The molecule has 41 heavy (non-hydrogen) atoms. The molecule has 212 valence electrons. The standard InChI is InChI=1S/C27H24F3N7O3S/c1-40-21-8-7-17(14-22(21)41(2,38)39)20-13-18(11-16-5-3-6-19(12-16)37-10-4-9-33-37)23-24(34-20)25(36-26(31)35-23)32-15-27(28,29)30/h3-10,12-14H,11,15H2,1-2H3,(H3,31,32,35,36). The average Bonchev–Trinajstić information content (AvgIpc) is 3.46. The quantitative estimate of drug-likeness (QED) is 0.272. The highest BCUT2D eigenvalue weighted by Crippen LogP contribution is 2.33. The number of sulfone groups is 1. The highest BCUT2D eigenvalue weighted by atomic mass is 32.2. The Bertz CT molecular complexity index is 1840. The van der Waals surface area contributed by atoms with Gasteiger partial charge in [0.05, 0.1) is 18.5 Å². The van der Waals surface area contributed by atoms with Crippen LogP contribution in [0.25, 0.3) is 28.0 Å². The van der Waals surface area contributed by atoms with E-state index in [1.807, 2.05) is 24.3 Å². The van der Waals surface area contributed by atoms with Gasteiger partial charge in [0.25, 0.3) is 0 Å². The number of methoxy groups -OCH3 is 1. The zero-order valence-corrected chi connectivity index (χ0v) is 22.7. The zero-order valence-electron chi connectivity index (χ0n) is 21.8. The molecule has 2 aromatic carbocycles. The molecule has 0 bridgehead atoms. The Kier molecular flexibility index (Phi) is 7.26. The number of pyridine rings is 1. The molecule has 3 aromatic heterocycles. The summed E-state index contributed by atoms with van der Waals surface area (Å²) in [4.78, 5) is 12.8. The van der Waals surface area contributed by atoms with E-state index in [1.165, 1.54) is 19.2 Å². The molecular weight excluding hydrogens is 559 g/mol. The third-order valence-corrected chi connectivity index (χ3v) is 7.26. The van der Waals surface area contributed by atoms with Crippen LogP contribution in [0.1, 0.15) is 11.1 Å². The van der Waals surface area contributed by atoms with Crippen molar-refractivity contribution in [2.24, 2.45) is 0 Å². The zero-order chi connectivity index (χ0) is 29.4. The fourth-order valence-electron chi connectivity index (χ4n) is 4.35. The van der Waals surface area contributed by atoms with Crippen LogP contribution in [0, 0.1) is 0 Å². The minimum absolute atomic E-state index is 0.0518. The van der Waals surface area contributed by atoms with Gasteiger partial charge in [0.1, 0.15) is 28.2 Å². The van der Waals surface area contributed by atoms with Gasteiger partial charge in [-0.05, 0) is 60.0 Å². The molecule has 3 N–H and O–H groups in total. The number of anilines is 2. The molecule has 14 heteroatoms. The Hall–Kier alpha value is -4.72. The average molecular weight is 584 g/mol. The molecule has 0 saturated heterocycles. The first-order chi connectivity index (χ1) is 19.4. The van der Waals surface area contributed by atoms with E-state index in [1.54, 1.807) is 35.3 Å². The van der Waals surface area contributed by atoms with Gasteiger partial charge in [-0.3, -0.25) is 0 Å².